The minimum absolute atomic E-state index is 0.131. The first-order chi connectivity index (χ1) is 10.4. The van der Waals surface area contributed by atoms with Gasteiger partial charge in [-0.15, -0.1) is 0 Å². The predicted octanol–water partition coefficient (Wildman–Crippen LogP) is 3.81. The van der Waals surface area contributed by atoms with Gasteiger partial charge >= 0.3 is 0 Å². The molecule has 0 bridgehead atoms. The highest BCUT2D eigenvalue weighted by atomic mass is 79.9. The monoisotopic (exact) mass is 387 g/mol. The molecule has 0 aliphatic heterocycles. The highest BCUT2D eigenvalue weighted by molar-refractivity contribution is 9.10. The minimum atomic E-state index is -3.74. The molecule has 0 saturated carbocycles. The number of halogens is 2. The van der Waals surface area contributed by atoms with E-state index < -0.39 is 15.8 Å². The fraction of sp³-hybridized carbons (Fsp3) is 0.200. The van der Waals surface area contributed by atoms with E-state index in [0.717, 1.165) is 0 Å². The molecule has 2 rings (SSSR count). The van der Waals surface area contributed by atoms with Gasteiger partial charge in [0.1, 0.15) is 11.6 Å². The average molecular weight is 388 g/mol. The topological polar surface area (TPSA) is 46.6 Å². The zero-order valence-electron chi connectivity index (χ0n) is 12.1. The molecule has 0 aliphatic carbocycles. The van der Waals surface area contributed by atoms with Crippen LogP contribution in [0.3, 0.4) is 0 Å². The van der Waals surface area contributed by atoms with E-state index in [2.05, 4.69) is 15.9 Å². The van der Waals surface area contributed by atoms with Crippen molar-refractivity contribution in [1.82, 2.24) is 0 Å². The fourth-order valence-corrected chi connectivity index (χ4v) is 4.23. The van der Waals surface area contributed by atoms with Crippen LogP contribution in [0.25, 0.3) is 0 Å². The highest BCUT2D eigenvalue weighted by Crippen LogP contribution is 2.30. The van der Waals surface area contributed by atoms with Crippen molar-refractivity contribution in [3.8, 4) is 5.75 Å². The molecular weight excluding hydrogens is 373 g/mol. The summed E-state index contributed by atoms with van der Waals surface area (Å²) in [4.78, 5) is 0.131. The van der Waals surface area contributed by atoms with Crippen molar-refractivity contribution >= 4 is 31.6 Å². The van der Waals surface area contributed by atoms with Crippen LogP contribution in [-0.2, 0) is 10.0 Å². The van der Waals surface area contributed by atoms with E-state index >= 15 is 0 Å². The second-order valence-electron chi connectivity index (χ2n) is 4.44. The van der Waals surface area contributed by atoms with Crippen molar-refractivity contribution < 1.29 is 17.5 Å². The molecule has 0 spiro atoms. The van der Waals surface area contributed by atoms with Crippen LogP contribution in [0.4, 0.5) is 10.1 Å². The molecule has 0 fully saturated rings. The summed E-state index contributed by atoms with van der Waals surface area (Å²) in [6.45, 7) is 1.96. The third kappa shape index (κ3) is 3.25. The number of hydrogen-bond acceptors (Lipinski definition) is 3. The van der Waals surface area contributed by atoms with Gasteiger partial charge in [-0.05, 0) is 65.3 Å². The lowest BCUT2D eigenvalue weighted by atomic mass is 10.3. The Morgan fingerprint density at radius 1 is 1.18 bits per heavy atom. The summed E-state index contributed by atoms with van der Waals surface area (Å²) >= 11 is 3.28. The zero-order valence-corrected chi connectivity index (χ0v) is 14.5. The lowest BCUT2D eigenvalue weighted by Crippen LogP contribution is -2.30. The van der Waals surface area contributed by atoms with Gasteiger partial charge in [-0.3, -0.25) is 4.31 Å². The van der Waals surface area contributed by atoms with Gasteiger partial charge in [-0.2, -0.15) is 0 Å². The molecule has 0 unspecified atom stereocenters. The van der Waals surface area contributed by atoms with Crippen LogP contribution >= 0.6 is 15.9 Å². The summed E-state index contributed by atoms with van der Waals surface area (Å²) in [5.41, 5.74) is 0.413. The van der Waals surface area contributed by atoms with Gasteiger partial charge in [0.25, 0.3) is 10.0 Å². The van der Waals surface area contributed by atoms with Gasteiger partial charge in [0.05, 0.1) is 22.2 Å². The first-order valence-corrected chi connectivity index (χ1v) is 8.75. The maximum atomic E-state index is 13.0. The lowest BCUT2D eigenvalue weighted by Gasteiger charge is -2.23. The summed E-state index contributed by atoms with van der Waals surface area (Å²) in [6, 6.07) is 9.89. The van der Waals surface area contributed by atoms with Crippen molar-refractivity contribution in [1.29, 1.82) is 0 Å². The van der Waals surface area contributed by atoms with Crippen LogP contribution in [-0.4, -0.2) is 22.1 Å². The maximum absolute atomic E-state index is 13.0. The Bertz CT molecular complexity index is 763. The van der Waals surface area contributed by atoms with Gasteiger partial charge in [-0.1, -0.05) is 0 Å². The number of ether oxygens (including phenoxy) is 1. The summed E-state index contributed by atoms with van der Waals surface area (Å²) in [6.07, 6.45) is 0. The Hall–Kier alpha value is -1.60. The smallest absolute Gasteiger partial charge is 0.264 e. The van der Waals surface area contributed by atoms with Gasteiger partial charge in [0, 0.05) is 6.54 Å². The molecule has 0 saturated heterocycles. The zero-order chi connectivity index (χ0) is 16.3. The van der Waals surface area contributed by atoms with E-state index in [4.69, 9.17) is 4.74 Å². The molecule has 22 heavy (non-hydrogen) atoms. The number of anilines is 1. The molecule has 4 nitrogen and oxygen atoms in total. The van der Waals surface area contributed by atoms with Crippen LogP contribution in [0.15, 0.2) is 51.8 Å². The average Bonchev–Trinajstić information content (AvgIpc) is 2.49. The Balaban J connectivity index is 2.47. The van der Waals surface area contributed by atoms with Crippen LogP contribution < -0.4 is 9.04 Å². The Morgan fingerprint density at radius 3 is 2.32 bits per heavy atom. The molecule has 0 radical (unpaired) electrons. The number of nitrogens with zero attached hydrogens (tertiary/aromatic N) is 1. The van der Waals surface area contributed by atoms with Gasteiger partial charge in [0.15, 0.2) is 0 Å². The minimum Gasteiger partial charge on any atom is -0.496 e. The molecule has 0 atom stereocenters. The third-order valence-electron chi connectivity index (χ3n) is 3.11. The van der Waals surface area contributed by atoms with Crippen LogP contribution in [0, 0.1) is 5.82 Å². The molecule has 118 valence electrons. The number of hydrogen-bond donors (Lipinski definition) is 0. The van der Waals surface area contributed by atoms with E-state index in [-0.39, 0.29) is 11.4 Å². The molecule has 0 amide bonds. The fourth-order valence-electron chi connectivity index (χ4n) is 2.03. The number of methoxy groups -OCH3 is 1. The lowest BCUT2D eigenvalue weighted by molar-refractivity contribution is 0.411. The molecule has 0 N–H and O–H groups in total. The van der Waals surface area contributed by atoms with Crippen LogP contribution in [0.2, 0.25) is 0 Å². The van der Waals surface area contributed by atoms with Crippen molar-refractivity contribution in [2.24, 2.45) is 0 Å². The van der Waals surface area contributed by atoms with Crippen molar-refractivity contribution in [2.75, 3.05) is 18.0 Å². The second kappa shape index (κ2) is 6.66. The Labute approximate surface area is 137 Å². The molecule has 0 aromatic heterocycles. The predicted molar refractivity (Wildman–Crippen MR) is 87.3 cm³/mol. The number of benzene rings is 2. The Kier molecular flexibility index (Phi) is 5.08. The highest BCUT2D eigenvalue weighted by Gasteiger charge is 2.24. The Morgan fingerprint density at radius 2 is 1.82 bits per heavy atom. The van der Waals surface area contributed by atoms with Gasteiger partial charge < -0.3 is 4.74 Å². The molecule has 2 aromatic carbocycles. The first-order valence-electron chi connectivity index (χ1n) is 6.52. The molecule has 2 aromatic rings. The maximum Gasteiger partial charge on any atom is 0.264 e. The van der Waals surface area contributed by atoms with E-state index in [0.29, 0.717) is 15.9 Å². The molecule has 0 heterocycles. The third-order valence-corrected chi connectivity index (χ3v) is 5.63. The van der Waals surface area contributed by atoms with Crippen molar-refractivity contribution in [2.45, 2.75) is 11.8 Å². The van der Waals surface area contributed by atoms with Gasteiger partial charge in [0.2, 0.25) is 0 Å². The molecular formula is C15H15BrFNO3S. The van der Waals surface area contributed by atoms with E-state index in [1.807, 2.05) is 0 Å². The SMILES string of the molecule is CCN(c1ccc(F)cc1)S(=O)(=O)c1ccc(OC)c(Br)c1. The first kappa shape index (κ1) is 16.8. The standard InChI is InChI=1S/C15H15BrFNO3S/c1-3-18(12-6-4-11(17)5-7-12)22(19,20)13-8-9-15(21-2)14(16)10-13/h4-10H,3H2,1-2H3. The number of sulfonamides is 1. The summed E-state index contributed by atoms with van der Waals surface area (Å²) in [7, 11) is -2.23. The van der Waals surface area contributed by atoms with Gasteiger partial charge in [-0.25, -0.2) is 12.8 Å². The van der Waals surface area contributed by atoms with E-state index in [1.54, 1.807) is 13.0 Å². The largest absolute Gasteiger partial charge is 0.496 e. The second-order valence-corrected chi connectivity index (χ2v) is 7.16. The van der Waals surface area contributed by atoms with Crippen LogP contribution in [0.1, 0.15) is 6.92 Å². The van der Waals surface area contributed by atoms with Crippen molar-refractivity contribution in [3.63, 3.8) is 0 Å². The molecule has 0 aliphatic rings. The summed E-state index contributed by atoms with van der Waals surface area (Å²) in [5.74, 6) is 0.133. The summed E-state index contributed by atoms with van der Waals surface area (Å²) < 4.78 is 45.4. The quantitative estimate of drug-likeness (QED) is 0.783. The van der Waals surface area contributed by atoms with Crippen LogP contribution in [0.5, 0.6) is 5.75 Å². The van der Waals surface area contributed by atoms with Crippen molar-refractivity contribution in [3.05, 3.63) is 52.8 Å². The van der Waals surface area contributed by atoms with E-state index in [1.165, 1.54) is 47.8 Å². The number of rotatable bonds is 5. The van der Waals surface area contributed by atoms with E-state index in [9.17, 15) is 12.8 Å². The summed E-state index contributed by atoms with van der Waals surface area (Å²) in [5, 5.41) is 0. The molecule has 7 heteroatoms. The normalized spacial score (nSPS) is 11.3.